The van der Waals surface area contributed by atoms with Gasteiger partial charge in [-0.1, -0.05) is 36.4 Å². The van der Waals surface area contributed by atoms with Crippen LogP contribution in [-0.2, 0) is 4.79 Å². The number of aryl methyl sites for hydroxylation is 1. The van der Waals surface area contributed by atoms with Crippen molar-refractivity contribution in [2.45, 2.75) is 19.8 Å². The smallest absolute Gasteiger partial charge is 0.201 e. The summed E-state index contributed by atoms with van der Waals surface area (Å²) in [5.74, 6) is -1.81. The first kappa shape index (κ1) is 16.7. The van der Waals surface area contributed by atoms with E-state index in [2.05, 4.69) is 0 Å². The molecule has 0 aliphatic heterocycles. The molecule has 0 saturated heterocycles. The lowest BCUT2D eigenvalue weighted by Gasteiger charge is -2.27. The number of rotatable bonds is 3. The molecule has 126 valence electrons. The SMILES string of the molecule is C/C=C\C=C\C(=O)[C@@H]1c2cccc(O)c2C(=O)c2c(O)cc(C)cc21. The Kier molecular flexibility index (Phi) is 4.28. The minimum absolute atomic E-state index is 0.0759. The van der Waals surface area contributed by atoms with E-state index in [1.807, 2.05) is 6.92 Å². The molecule has 0 amide bonds. The highest BCUT2D eigenvalue weighted by molar-refractivity contribution is 6.18. The van der Waals surface area contributed by atoms with Crippen LogP contribution >= 0.6 is 0 Å². The average molecular weight is 334 g/mol. The number of phenols is 2. The Labute approximate surface area is 145 Å². The van der Waals surface area contributed by atoms with E-state index in [4.69, 9.17) is 0 Å². The first-order chi connectivity index (χ1) is 12.0. The summed E-state index contributed by atoms with van der Waals surface area (Å²) >= 11 is 0. The van der Waals surface area contributed by atoms with Crippen LogP contribution in [0.25, 0.3) is 0 Å². The molecule has 2 aromatic carbocycles. The van der Waals surface area contributed by atoms with E-state index in [1.165, 1.54) is 18.2 Å². The predicted octanol–water partition coefficient (Wildman–Crippen LogP) is 3.78. The quantitative estimate of drug-likeness (QED) is 0.661. The molecule has 4 nitrogen and oxygen atoms in total. The Balaban J connectivity index is 2.29. The van der Waals surface area contributed by atoms with Gasteiger partial charge in [0.05, 0.1) is 17.0 Å². The second kappa shape index (κ2) is 6.40. The Morgan fingerprint density at radius 1 is 1.04 bits per heavy atom. The highest BCUT2D eigenvalue weighted by Gasteiger charge is 2.37. The Hall–Kier alpha value is -3.14. The molecule has 2 aromatic rings. The van der Waals surface area contributed by atoms with E-state index < -0.39 is 11.7 Å². The van der Waals surface area contributed by atoms with Crippen LogP contribution in [0.3, 0.4) is 0 Å². The Morgan fingerprint density at radius 2 is 1.76 bits per heavy atom. The fraction of sp³-hybridized carbons (Fsp3) is 0.143. The van der Waals surface area contributed by atoms with Crippen molar-refractivity contribution < 1.29 is 19.8 Å². The van der Waals surface area contributed by atoms with E-state index in [1.54, 1.807) is 43.4 Å². The Morgan fingerprint density at radius 3 is 2.48 bits per heavy atom. The maximum Gasteiger partial charge on any atom is 0.201 e. The van der Waals surface area contributed by atoms with Crippen LogP contribution in [0.5, 0.6) is 11.5 Å². The van der Waals surface area contributed by atoms with Gasteiger partial charge in [-0.3, -0.25) is 9.59 Å². The van der Waals surface area contributed by atoms with Gasteiger partial charge in [0.1, 0.15) is 11.5 Å². The normalized spacial score (nSPS) is 16.2. The topological polar surface area (TPSA) is 74.6 Å². The van der Waals surface area contributed by atoms with Gasteiger partial charge in [-0.25, -0.2) is 0 Å². The van der Waals surface area contributed by atoms with Gasteiger partial charge >= 0.3 is 0 Å². The number of aromatic hydroxyl groups is 2. The molecule has 0 radical (unpaired) electrons. The van der Waals surface area contributed by atoms with Crippen LogP contribution in [0.4, 0.5) is 0 Å². The van der Waals surface area contributed by atoms with Crippen molar-refractivity contribution in [3.63, 3.8) is 0 Å². The predicted molar refractivity (Wildman–Crippen MR) is 95.2 cm³/mol. The minimum atomic E-state index is -0.748. The summed E-state index contributed by atoms with van der Waals surface area (Å²) in [6.07, 6.45) is 6.62. The van der Waals surface area contributed by atoms with Crippen molar-refractivity contribution in [2.24, 2.45) is 0 Å². The van der Waals surface area contributed by atoms with Gasteiger partial charge in [0.2, 0.25) is 5.78 Å². The number of ketones is 2. The summed E-state index contributed by atoms with van der Waals surface area (Å²) in [6, 6.07) is 7.91. The number of carbonyl (C=O) groups is 2. The van der Waals surface area contributed by atoms with Crippen molar-refractivity contribution in [1.82, 2.24) is 0 Å². The van der Waals surface area contributed by atoms with Gasteiger partial charge in [0.25, 0.3) is 0 Å². The molecule has 0 unspecified atom stereocenters. The van der Waals surface area contributed by atoms with Crippen molar-refractivity contribution in [2.75, 3.05) is 0 Å². The first-order valence-corrected chi connectivity index (χ1v) is 7.99. The molecule has 4 heteroatoms. The first-order valence-electron chi connectivity index (χ1n) is 7.99. The fourth-order valence-electron chi connectivity index (χ4n) is 3.27. The van der Waals surface area contributed by atoms with Crippen LogP contribution in [0.2, 0.25) is 0 Å². The second-order valence-corrected chi connectivity index (χ2v) is 6.04. The summed E-state index contributed by atoms with van der Waals surface area (Å²) in [5, 5.41) is 20.5. The van der Waals surface area contributed by atoms with Gasteiger partial charge in [-0.05, 0) is 48.7 Å². The van der Waals surface area contributed by atoms with Crippen LogP contribution in [0, 0.1) is 6.92 Å². The Bertz CT molecular complexity index is 935. The molecule has 0 spiro atoms. The molecule has 1 aliphatic carbocycles. The van der Waals surface area contributed by atoms with Crippen LogP contribution < -0.4 is 0 Å². The average Bonchev–Trinajstić information content (AvgIpc) is 2.54. The molecule has 2 N–H and O–H groups in total. The third-order valence-corrected chi connectivity index (χ3v) is 4.29. The van der Waals surface area contributed by atoms with Crippen LogP contribution in [0.15, 0.2) is 54.6 Å². The van der Waals surface area contributed by atoms with Crippen LogP contribution in [0.1, 0.15) is 45.5 Å². The van der Waals surface area contributed by atoms with Gasteiger partial charge in [0, 0.05) is 0 Å². The molecule has 0 fully saturated rings. The standard InChI is InChI=1S/C21H18O4/c1-3-4-5-8-15(22)18-13-7-6-9-16(23)19(13)21(25)20-14(18)10-12(2)11-17(20)24/h3-11,18,23-24H,1-2H3/b4-3-,8-5+/t18-/m1/s1. The zero-order valence-electron chi connectivity index (χ0n) is 14.0. The molecule has 1 aliphatic rings. The molecule has 1 atom stereocenters. The summed E-state index contributed by atoms with van der Waals surface area (Å²) in [5.41, 5.74) is 1.83. The number of phenolic OH excluding ortho intramolecular Hbond substituents is 2. The molecule has 3 rings (SSSR count). The van der Waals surface area contributed by atoms with Crippen molar-refractivity contribution in [3.8, 4) is 11.5 Å². The number of carbonyl (C=O) groups excluding carboxylic acids is 2. The van der Waals surface area contributed by atoms with E-state index in [9.17, 15) is 19.8 Å². The zero-order valence-corrected chi connectivity index (χ0v) is 14.0. The largest absolute Gasteiger partial charge is 0.507 e. The summed E-state index contributed by atoms with van der Waals surface area (Å²) in [6.45, 7) is 3.64. The maximum atomic E-state index is 12.8. The molecule has 25 heavy (non-hydrogen) atoms. The van der Waals surface area contributed by atoms with Crippen molar-refractivity contribution in [3.05, 3.63) is 82.5 Å². The monoisotopic (exact) mass is 334 g/mol. The highest BCUT2D eigenvalue weighted by atomic mass is 16.3. The molecule has 0 aromatic heterocycles. The molecule has 0 heterocycles. The minimum Gasteiger partial charge on any atom is -0.507 e. The molecule has 0 saturated carbocycles. The lowest BCUT2D eigenvalue weighted by molar-refractivity contribution is -0.115. The third-order valence-electron chi connectivity index (χ3n) is 4.29. The maximum absolute atomic E-state index is 12.8. The van der Waals surface area contributed by atoms with Crippen molar-refractivity contribution >= 4 is 11.6 Å². The third kappa shape index (κ3) is 2.76. The molecular formula is C21H18O4. The van der Waals surface area contributed by atoms with E-state index >= 15 is 0 Å². The lowest BCUT2D eigenvalue weighted by atomic mass is 9.74. The van der Waals surface area contributed by atoms with Gasteiger partial charge in [0.15, 0.2) is 5.78 Å². The number of fused-ring (bicyclic) bond motifs is 2. The number of benzene rings is 2. The summed E-state index contributed by atoms with van der Waals surface area (Å²) in [4.78, 5) is 25.7. The summed E-state index contributed by atoms with van der Waals surface area (Å²) in [7, 11) is 0. The van der Waals surface area contributed by atoms with Gasteiger partial charge in [-0.2, -0.15) is 0 Å². The summed E-state index contributed by atoms with van der Waals surface area (Å²) < 4.78 is 0. The molecular weight excluding hydrogens is 316 g/mol. The van der Waals surface area contributed by atoms with E-state index in [-0.39, 0.29) is 28.4 Å². The van der Waals surface area contributed by atoms with Gasteiger partial charge < -0.3 is 10.2 Å². The fourth-order valence-corrected chi connectivity index (χ4v) is 3.27. The van der Waals surface area contributed by atoms with Crippen molar-refractivity contribution in [1.29, 1.82) is 0 Å². The van der Waals surface area contributed by atoms with Crippen LogP contribution in [-0.4, -0.2) is 21.8 Å². The van der Waals surface area contributed by atoms with E-state index in [0.717, 1.165) is 5.56 Å². The molecule has 0 bridgehead atoms. The van der Waals surface area contributed by atoms with E-state index in [0.29, 0.717) is 11.1 Å². The lowest BCUT2D eigenvalue weighted by Crippen LogP contribution is -2.24. The van der Waals surface area contributed by atoms with Gasteiger partial charge in [-0.15, -0.1) is 0 Å². The zero-order chi connectivity index (χ0) is 18.1. The second-order valence-electron chi connectivity index (χ2n) is 6.04. The number of allylic oxidation sites excluding steroid dienone is 4. The highest BCUT2D eigenvalue weighted by Crippen LogP contribution is 2.43. The number of hydrogen-bond acceptors (Lipinski definition) is 4. The number of hydrogen-bond donors (Lipinski definition) is 2.